The Morgan fingerprint density at radius 3 is 2.76 bits per heavy atom. The number of benzene rings is 2. The third kappa shape index (κ3) is 4.31. The van der Waals surface area contributed by atoms with E-state index in [0.29, 0.717) is 12.2 Å². The number of hydrogen-bond donors (Lipinski definition) is 2. The Bertz CT molecular complexity index is 1060. The van der Waals surface area contributed by atoms with E-state index < -0.39 is 11.8 Å². The van der Waals surface area contributed by atoms with Gasteiger partial charge in [-0.05, 0) is 49.6 Å². The Hall–Kier alpha value is -2.77. The zero-order valence-electron chi connectivity index (χ0n) is 16.6. The van der Waals surface area contributed by atoms with Crippen LogP contribution >= 0.6 is 11.3 Å². The fraction of sp³-hybridized carbons (Fsp3) is 0.318. The van der Waals surface area contributed by atoms with Crippen LogP contribution in [0.4, 0.5) is 5.69 Å². The number of rotatable bonds is 4. The summed E-state index contributed by atoms with van der Waals surface area (Å²) in [4.78, 5) is 31.2. The number of carbonyl (C=O) groups excluding carboxylic acids is 2. The molecule has 2 amide bonds. The Balaban J connectivity index is 1.33. The summed E-state index contributed by atoms with van der Waals surface area (Å²) in [7, 11) is 0. The van der Waals surface area contributed by atoms with Gasteiger partial charge in [0.2, 0.25) is 0 Å². The number of anilines is 1. The highest BCUT2D eigenvalue weighted by Gasteiger charge is 2.30. The smallest absolute Gasteiger partial charge is 0.313 e. The molecule has 4 rings (SSSR count). The van der Waals surface area contributed by atoms with Gasteiger partial charge in [-0.25, -0.2) is 4.98 Å². The Morgan fingerprint density at radius 2 is 1.93 bits per heavy atom. The molecule has 2 aromatic carbocycles. The second kappa shape index (κ2) is 7.93. The highest BCUT2D eigenvalue weighted by Crippen LogP contribution is 2.25. The normalized spacial score (nSPS) is 14.4. The van der Waals surface area contributed by atoms with Crippen molar-refractivity contribution in [2.75, 3.05) is 18.4 Å². The van der Waals surface area contributed by atoms with Crippen LogP contribution in [0.2, 0.25) is 0 Å². The van der Waals surface area contributed by atoms with E-state index in [1.165, 1.54) is 22.5 Å². The third-order valence-corrected chi connectivity index (χ3v) is 6.27. The van der Waals surface area contributed by atoms with Gasteiger partial charge in [0, 0.05) is 30.9 Å². The lowest BCUT2D eigenvalue weighted by Gasteiger charge is -2.41. The van der Waals surface area contributed by atoms with Crippen molar-refractivity contribution >= 4 is 39.1 Å². The van der Waals surface area contributed by atoms with Crippen LogP contribution in [0.5, 0.6) is 0 Å². The predicted octanol–water partition coefficient (Wildman–Crippen LogP) is 3.19. The molecule has 0 radical (unpaired) electrons. The minimum Gasteiger partial charge on any atom is -0.346 e. The summed E-state index contributed by atoms with van der Waals surface area (Å²) >= 11 is 1.53. The zero-order valence-corrected chi connectivity index (χ0v) is 17.4. The van der Waals surface area contributed by atoms with E-state index in [-0.39, 0.29) is 5.54 Å². The molecule has 0 atom stereocenters. The fourth-order valence-electron chi connectivity index (χ4n) is 3.62. The maximum atomic E-state index is 12.3. The van der Waals surface area contributed by atoms with Crippen molar-refractivity contribution in [2.45, 2.75) is 32.4 Å². The van der Waals surface area contributed by atoms with E-state index in [4.69, 9.17) is 0 Å². The second-order valence-electron chi connectivity index (χ2n) is 7.92. The van der Waals surface area contributed by atoms with Gasteiger partial charge < -0.3 is 10.6 Å². The molecule has 0 bridgehead atoms. The van der Waals surface area contributed by atoms with Crippen LogP contribution in [0.15, 0.2) is 48.0 Å². The molecule has 3 aromatic rings. The molecule has 2 heterocycles. The van der Waals surface area contributed by atoms with Gasteiger partial charge in [-0.3, -0.25) is 14.5 Å². The van der Waals surface area contributed by atoms with Crippen molar-refractivity contribution in [3.8, 4) is 0 Å². The standard InChI is InChI=1S/C22H24N4O2S/c1-22(2,26-10-9-15-5-3-4-6-16(15)12-26)13-23-20(27)21(28)25-17-7-8-19-18(11-17)24-14-29-19/h3-8,11,14H,9-10,12-13H2,1-2H3,(H,23,27)(H,25,28). The summed E-state index contributed by atoms with van der Waals surface area (Å²) in [5.41, 5.74) is 5.58. The van der Waals surface area contributed by atoms with Crippen molar-refractivity contribution in [3.05, 3.63) is 59.1 Å². The van der Waals surface area contributed by atoms with E-state index >= 15 is 0 Å². The number of amides is 2. The molecule has 2 N–H and O–H groups in total. The highest BCUT2D eigenvalue weighted by atomic mass is 32.1. The molecule has 6 nitrogen and oxygen atoms in total. The maximum absolute atomic E-state index is 12.3. The number of fused-ring (bicyclic) bond motifs is 2. The number of hydrogen-bond acceptors (Lipinski definition) is 5. The van der Waals surface area contributed by atoms with Crippen molar-refractivity contribution in [1.29, 1.82) is 0 Å². The van der Waals surface area contributed by atoms with Gasteiger partial charge >= 0.3 is 11.8 Å². The number of nitrogens with one attached hydrogen (secondary N) is 2. The topological polar surface area (TPSA) is 74.3 Å². The summed E-state index contributed by atoms with van der Waals surface area (Å²) in [6.45, 7) is 6.36. The van der Waals surface area contributed by atoms with Crippen molar-refractivity contribution < 1.29 is 9.59 Å². The highest BCUT2D eigenvalue weighted by molar-refractivity contribution is 7.16. The van der Waals surface area contributed by atoms with Gasteiger partial charge in [0.05, 0.1) is 15.7 Å². The first kappa shape index (κ1) is 19.5. The summed E-state index contributed by atoms with van der Waals surface area (Å²) in [5, 5.41) is 5.44. The second-order valence-corrected chi connectivity index (χ2v) is 8.81. The molecular weight excluding hydrogens is 384 g/mol. The van der Waals surface area contributed by atoms with Crippen LogP contribution in [0.1, 0.15) is 25.0 Å². The first-order valence-corrected chi connectivity index (χ1v) is 10.5. The average molecular weight is 409 g/mol. The van der Waals surface area contributed by atoms with E-state index in [0.717, 1.165) is 29.7 Å². The van der Waals surface area contributed by atoms with E-state index in [2.05, 4.69) is 58.6 Å². The van der Waals surface area contributed by atoms with Crippen LogP contribution in [-0.2, 0) is 22.6 Å². The van der Waals surface area contributed by atoms with Crippen LogP contribution < -0.4 is 10.6 Å². The number of carbonyl (C=O) groups is 2. The average Bonchev–Trinajstić information content (AvgIpc) is 3.19. The van der Waals surface area contributed by atoms with Crippen molar-refractivity contribution in [1.82, 2.24) is 15.2 Å². The Kier molecular flexibility index (Phi) is 5.34. The number of thiazole rings is 1. The number of aromatic nitrogens is 1. The largest absolute Gasteiger partial charge is 0.346 e. The molecule has 7 heteroatoms. The maximum Gasteiger partial charge on any atom is 0.313 e. The minimum absolute atomic E-state index is 0.261. The van der Waals surface area contributed by atoms with Crippen molar-refractivity contribution in [3.63, 3.8) is 0 Å². The summed E-state index contributed by atoms with van der Waals surface area (Å²) in [6, 6.07) is 13.9. The van der Waals surface area contributed by atoms with Crippen LogP contribution in [0, 0.1) is 0 Å². The molecule has 29 heavy (non-hydrogen) atoms. The minimum atomic E-state index is -0.667. The molecule has 150 valence electrons. The molecule has 0 saturated carbocycles. The van der Waals surface area contributed by atoms with Gasteiger partial charge in [-0.1, -0.05) is 24.3 Å². The van der Waals surface area contributed by atoms with E-state index in [1.807, 2.05) is 6.07 Å². The van der Waals surface area contributed by atoms with E-state index in [9.17, 15) is 9.59 Å². The molecule has 0 aliphatic carbocycles. The summed E-state index contributed by atoms with van der Waals surface area (Å²) in [6.07, 6.45) is 0.993. The molecule has 1 aliphatic heterocycles. The molecule has 1 aromatic heterocycles. The lowest BCUT2D eigenvalue weighted by molar-refractivity contribution is -0.136. The summed E-state index contributed by atoms with van der Waals surface area (Å²) in [5.74, 6) is -1.30. The predicted molar refractivity (Wildman–Crippen MR) is 116 cm³/mol. The Labute approximate surface area is 173 Å². The van der Waals surface area contributed by atoms with Gasteiger partial charge in [0.25, 0.3) is 0 Å². The van der Waals surface area contributed by atoms with Crippen LogP contribution in [-0.4, -0.2) is 40.3 Å². The number of nitrogens with zero attached hydrogens (tertiary/aromatic N) is 2. The first-order valence-electron chi connectivity index (χ1n) is 9.67. The lowest BCUT2D eigenvalue weighted by Crippen LogP contribution is -2.54. The molecule has 0 unspecified atom stereocenters. The van der Waals surface area contributed by atoms with E-state index in [1.54, 1.807) is 17.6 Å². The molecule has 0 fully saturated rings. The van der Waals surface area contributed by atoms with Crippen LogP contribution in [0.3, 0.4) is 0 Å². The van der Waals surface area contributed by atoms with Crippen molar-refractivity contribution in [2.24, 2.45) is 0 Å². The lowest BCUT2D eigenvalue weighted by atomic mass is 9.94. The van der Waals surface area contributed by atoms with Gasteiger partial charge in [0.1, 0.15) is 0 Å². The Morgan fingerprint density at radius 1 is 1.14 bits per heavy atom. The quantitative estimate of drug-likeness (QED) is 0.650. The van der Waals surface area contributed by atoms with Gasteiger partial charge in [0.15, 0.2) is 0 Å². The third-order valence-electron chi connectivity index (χ3n) is 5.46. The summed E-state index contributed by atoms with van der Waals surface area (Å²) < 4.78 is 1.04. The monoisotopic (exact) mass is 408 g/mol. The molecular formula is C22H24N4O2S. The van der Waals surface area contributed by atoms with Gasteiger partial charge in [-0.15, -0.1) is 11.3 Å². The first-order chi connectivity index (χ1) is 13.9. The zero-order chi connectivity index (χ0) is 20.4. The molecule has 0 saturated heterocycles. The van der Waals surface area contributed by atoms with Crippen LogP contribution in [0.25, 0.3) is 10.2 Å². The molecule has 1 aliphatic rings. The van der Waals surface area contributed by atoms with Gasteiger partial charge in [-0.2, -0.15) is 0 Å². The SMILES string of the molecule is CC(C)(CNC(=O)C(=O)Nc1ccc2scnc2c1)N1CCc2ccccc2C1. The fourth-order valence-corrected chi connectivity index (χ4v) is 4.28. The molecule has 0 spiro atoms.